The van der Waals surface area contributed by atoms with Crippen LogP contribution in [0.4, 0.5) is 21.9 Å². The van der Waals surface area contributed by atoms with Gasteiger partial charge in [-0.15, -0.1) is 0 Å². The van der Waals surface area contributed by atoms with Gasteiger partial charge in [0.05, 0.1) is 23.1 Å². The second-order valence-corrected chi connectivity index (χ2v) is 11.8. The van der Waals surface area contributed by atoms with E-state index >= 15 is 0 Å². The van der Waals surface area contributed by atoms with Crippen LogP contribution in [0.15, 0.2) is 53.6 Å². The Morgan fingerprint density at radius 2 is 1.51 bits per heavy atom. The first-order chi connectivity index (χ1) is 16.8. The van der Waals surface area contributed by atoms with Gasteiger partial charge in [0.2, 0.25) is 0 Å². The zero-order valence-electron chi connectivity index (χ0n) is 21.5. The van der Waals surface area contributed by atoms with E-state index in [1.54, 1.807) is 0 Å². The summed E-state index contributed by atoms with van der Waals surface area (Å²) in [5.41, 5.74) is 10.9. The van der Waals surface area contributed by atoms with Crippen molar-refractivity contribution in [3.63, 3.8) is 0 Å². The van der Waals surface area contributed by atoms with Gasteiger partial charge < -0.3 is 5.73 Å². The summed E-state index contributed by atoms with van der Waals surface area (Å²) in [6, 6.07) is 16.1. The highest BCUT2D eigenvalue weighted by Gasteiger charge is 2.39. The molecule has 2 aliphatic carbocycles. The van der Waals surface area contributed by atoms with Gasteiger partial charge >= 0.3 is 6.03 Å². The highest BCUT2D eigenvalue weighted by molar-refractivity contribution is 6.13. The van der Waals surface area contributed by atoms with Crippen LogP contribution < -0.4 is 10.6 Å². The number of rotatable bonds is 3. The Hall–Kier alpha value is -2.82. The first kappa shape index (κ1) is 23.9. The summed E-state index contributed by atoms with van der Waals surface area (Å²) in [5, 5.41) is 7.12. The molecule has 186 valence electrons. The summed E-state index contributed by atoms with van der Waals surface area (Å²) in [5.74, 6) is 1.09. The summed E-state index contributed by atoms with van der Waals surface area (Å²) in [4.78, 5) is 16.2. The molecule has 0 aromatic heterocycles. The van der Waals surface area contributed by atoms with Gasteiger partial charge in [-0.25, -0.2) is 9.80 Å². The van der Waals surface area contributed by atoms with Crippen LogP contribution in [0, 0.1) is 17.3 Å². The lowest BCUT2D eigenvalue weighted by atomic mass is 9.71. The lowest BCUT2D eigenvalue weighted by molar-refractivity contribution is 0.113. The molecule has 5 heteroatoms. The maximum Gasteiger partial charge on any atom is 0.349 e. The van der Waals surface area contributed by atoms with Gasteiger partial charge in [0.25, 0.3) is 0 Å². The maximum absolute atomic E-state index is 14.3. The summed E-state index contributed by atoms with van der Waals surface area (Å²) < 4.78 is 0. The standard InChI is InChI=1S/C30H40N4O/c1-30(2,3)22-13-17-25(18-14-22)34-29(35)33(24-19-15-23(31)16-20-24)27-12-8-7-11-26(27)28(32-34)21-9-5-4-6-10-21/h7-8,11-12,15-16,19-22,25H,4-6,9-10,13-14,17-18,31H2,1-3H3. The van der Waals surface area contributed by atoms with Gasteiger partial charge in [-0.3, -0.25) is 4.90 Å². The fourth-order valence-electron chi connectivity index (χ4n) is 6.28. The van der Waals surface area contributed by atoms with Crippen LogP contribution in [0.25, 0.3) is 0 Å². The number of amides is 2. The second kappa shape index (κ2) is 9.67. The van der Waals surface area contributed by atoms with Gasteiger partial charge in [0, 0.05) is 17.2 Å². The Bertz CT molecular complexity index is 1070. The van der Waals surface area contributed by atoms with E-state index in [4.69, 9.17) is 10.8 Å². The Balaban J connectivity index is 1.58. The normalized spacial score (nSPS) is 24.1. The molecule has 5 nitrogen and oxygen atoms in total. The molecule has 2 aromatic carbocycles. The molecule has 2 fully saturated rings. The highest BCUT2D eigenvalue weighted by atomic mass is 16.2. The fraction of sp³-hybridized carbons (Fsp3) is 0.533. The summed E-state index contributed by atoms with van der Waals surface area (Å²) >= 11 is 0. The van der Waals surface area contributed by atoms with Gasteiger partial charge in [-0.1, -0.05) is 58.2 Å². The number of hydrazone groups is 1. The van der Waals surface area contributed by atoms with Gasteiger partial charge in [0.1, 0.15) is 0 Å². The first-order valence-electron chi connectivity index (χ1n) is 13.5. The molecule has 2 amide bonds. The molecule has 0 unspecified atom stereocenters. The molecule has 1 aliphatic heterocycles. The molecular formula is C30H40N4O. The van der Waals surface area contributed by atoms with E-state index in [0.29, 0.717) is 22.9 Å². The van der Waals surface area contributed by atoms with Crippen molar-refractivity contribution in [1.82, 2.24) is 5.01 Å². The molecule has 2 N–H and O–H groups in total. The Morgan fingerprint density at radius 1 is 0.857 bits per heavy atom. The number of hydrogen-bond donors (Lipinski definition) is 1. The average molecular weight is 473 g/mol. The van der Waals surface area contributed by atoms with Crippen molar-refractivity contribution in [3.8, 4) is 0 Å². The molecule has 0 radical (unpaired) electrons. The molecule has 1 heterocycles. The van der Waals surface area contributed by atoms with E-state index in [0.717, 1.165) is 61.2 Å². The number of urea groups is 1. The minimum absolute atomic E-state index is 0.0489. The first-order valence-corrected chi connectivity index (χ1v) is 13.5. The molecule has 0 saturated heterocycles. The number of anilines is 3. The highest BCUT2D eigenvalue weighted by Crippen LogP contribution is 2.42. The number of nitrogens with zero attached hydrogens (tertiary/aromatic N) is 3. The smallest absolute Gasteiger partial charge is 0.349 e. The molecular weight excluding hydrogens is 432 g/mol. The number of fused-ring (bicyclic) bond motifs is 1. The predicted octanol–water partition coefficient (Wildman–Crippen LogP) is 7.73. The number of nitrogens with two attached hydrogens (primary N) is 1. The summed E-state index contributed by atoms with van der Waals surface area (Å²) in [6.45, 7) is 7.02. The van der Waals surface area contributed by atoms with Crippen LogP contribution in [0.1, 0.15) is 84.1 Å². The van der Waals surface area contributed by atoms with E-state index in [9.17, 15) is 4.79 Å². The van der Waals surface area contributed by atoms with Crippen molar-refractivity contribution >= 4 is 28.8 Å². The Labute approximate surface area is 210 Å². The number of para-hydroxylation sites is 1. The van der Waals surface area contributed by atoms with Crippen molar-refractivity contribution in [2.45, 2.75) is 84.6 Å². The number of carbonyl (C=O) groups is 1. The molecule has 2 aromatic rings. The molecule has 0 bridgehead atoms. The monoisotopic (exact) mass is 472 g/mol. The van der Waals surface area contributed by atoms with E-state index in [1.807, 2.05) is 40.2 Å². The third kappa shape index (κ3) is 4.82. The Morgan fingerprint density at radius 3 is 2.17 bits per heavy atom. The largest absolute Gasteiger partial charge is 0.399 e. The minimum Gasteiger partial charge on any atom is -0.399 e. The predicted molar refractivity (Wildman–Crippen MR) is 145 cm³/mol. The van der Waals surface area contributed by atoms with Crippen molar-refractivity contribution in [2.75, 3.05) is 10.6 Å². The van der Waals surface area contributed by atoms with Crippen LogP contribution in [-0.2, 0) is 0 Å². The van der Waals surface area contributed by atoms with Crippen LogP contribution in [-0.4, -0.2) is 22.8 Å². The van der Waals surface area contributed by atoms with Gasteiger partial charge in [-0.05, 0) is 80.2 Å². The number of carbonyl (C=O) groups excluding carboxylic acids is 1. The number of nitrogen functional groups attached to an aromatic ring is 1. The van der Waals surface area contributed by atoms with Crippen molar-refractivity contribution < 1.29 is 4.79 Å². The number of benzene rings is 2. The van der Waals surface area contributed by atoms with E-state index < -0.39 is 0 Å². The quantitative estimate of drug-likeness (QED) is 0.465. The molecule has 0 atom stereocenters. The van der Waals surface area contributed by atoms with Crippen molar-refractivity contribution in [1.29, 1.82) is 0 Å². The van der Waals surface area contributed by atoms with Gasteiger partial charge in [-0.2, -0.15) is 5.10 Å². The molecule has 5 rings (SSSR count). The van der Waals surface area contributed by atoms with Crippen LogP contribution >= 0.6 is 0 Å². The fourth-order valence-corrected chi connectivity index (χ4v) is 6.28. The van der Waals surface area contributed by atoms with Crippen LogP contribution in [0.2, 0.25) is 0 Å². The van der Waals surface area contributed by atoms with E-state index in [1.165, 1.54) is 19.3 Å². The van der Waals surface area contributed by atoms with E-state index in [-0.39, 0.29) is 12.1 Å². The van der Waals surface area contributed by atoms with E-state index in [2.05, 4.69) is 39.0 Å². The zero-order valence-corrected chi connectivity index (χ0v) is 21.5. The maximum atomic E-state index is 14.3. The topological polar surface area (TPSA) is 61.9 Å². The molecule has 3 aliphatic rings. The SMILES string of the molecule is CC(C)(C)C1CCC(N2N=C(C3CCCCC3)c3ccccc3N(c3ccc(N)cc3)C2=O)CC1. The lowest BCUT2D eigenvalue weighted by Crippen LogP contribution is -2.45. The second-order valence-electron chi connectivity index (χ2n) is 11.8. The third-order valence-electron chi connectivity index (χ3n) is 8.43. The molecule has 35 heavy (non-hydrogen) atoms. The molecule has 0 spiro atoms. The van der Waals surface area contributed by atoms with Crippen molar-refractivity contribution in [3.05, 3.63) is 54.1 Å². The Kier molecular flexibility index (Phi) is 6.61. The van der Waals surface area contributed by atoms with Crippen molar-refractivity contribution in [2.24, 2.45) is 22.4 Å². The minimum atomic E-state index is -0.0489. The zero-order chi connectivity index (χ0) is 24.6. The van der Waals surface area contributed by atoms with Gasteiger partial charge in [0.15, 0.2) is 0 Å². The third-order valence-corrected chi connectivity index (χ3v) is 8.43. The number of hydrogen-bond acceptors (Lipinski definition) is 3. The summed E-state index contributed by atoms with van der Waals surface area (Å²) in [6.07, 6.45) is 10.3. The van der Waals surface area contributed by atoms with Crippen LogP contribution in [0.3, 0.4) is 0 Å². The lowest BCUT2D eigenvalue weighted by Gasteiger charge is -2.40. The molecule has 2 saturated carbocycles. The average Bonchev–Trinajstić information content (AvgIpc) is 2.99. The van der Waals surface area contributed by atoms with Crippen LogP contribution in [0.5, 0.6) is 0 Å². The summed E-state index contributed by atoms with van der Waals surface area (Å²) in [7, 11) is 0.